The fourth-order valence-electron chi connectivity index (χ4n) is 2.46. The van der Waals surface area contributed by atoms with E-state index in [-0.39, 0.29) is 0 Å². The molecular formula is C13H24N4. The molecule has 17 heavy (non-hydrogen) atoms. The minimum atomic E-state index is 0.628. The zero-order valence-corrected chi connectivity index (χ0v) is 11.2. The second kappa shape index (κ2) is 5.65. The molecule has 2 rings (SSSR count). The molecule has 2 heterocycles. The van der Waals surface area contributed by atoms with Crippen LogP contribution in [0.1, 0.15) is 32.4 Å². The number of aromatic nitrogens is 2. The molecule has 2 atom stereocenters. The Kier molecular flexibility index (Phi) is 4.18. The van der Waals surface area contributed by atoms with Crippen molar-refractivity contribution in [1.29, 1.82) is 0 Å². The number of nitrogens with zero attached hydrogens (tertiary/aromatic N) is 3. The van der Waals surface area contributed by atoms with Crippen LogP contribution in [0.25, 0.3) is 0 Å². The van der Waals surface area contributed by atoms with Gasteiger partial charge in [-0.1, -0.05) is 6.92 Å². The Balaban J connectivity index is 2.01. The summed E-state index contributed by atoms with van der Waals surface area (Å²) in [6, 6.07) is 3.39. The molecule has 0 spiro atoms. The number of hydrogen-bond donors (Lipinski definition) is 1. The van der Waals surface area contributed by atoms with E-state index in [1.807, 2.05) is 17.9 Å². The Labute approximate surface area is 104 Å². The van der Waals surface area contributed by atoms with Gasteiger partial charge in [-0.3, -0.25) is 9.58 Å². The van der Waals surface area contributed by atoms with Crippen molar-refractivity contribution in [1.82, 2.24) is 20.0 Å². The lowest BCUT2D eigenvalue weighted by Gasteiger charge is -2.27. The minimum absolute atomic E-state index is 0.628. The van der Waals surface area contributed by atoms with Gasteiger partial charge in [0.2, 0.25) is 0 Å². The summed E-state index contributed by atoms with van der Waals surface area (Å²) in [6.07, 6.45) is 4.45. The summed E-state index contributed by atoms with van der Waals surface area (Å²) in [6.45, 7) is 7.82. The van der Waals surface area contributed by atoms with Crippen LogP contribution in [0.15, 0.2) is 12.3 Å². The van der Waals surface area contributed by atoms with Gasteiger partial charge in [0.15, 0.2) is 0 Å². The molecule has 0 aromatic carbocycles. The third-order valence-corrected chi connectivity index (χ3v) is 3.70. The van der Waals surface area contributed by atoms with Crippen LogP contribution in [-0.2, 0) is 13.6 Å². The van der Waals surface area contributed by atoms with E-state index in [2.05, 4.69) is 35.2 Å². The number of rotatable bonds is 3. The van der Waals surface area contributed by atoms with E-state index in [0.717, 1.165) is 19.6 Å². The Hall–Kier alpha value is -0.870. The first-order valence-electron chi connectivity index (χ1n) is 6.65. The van der Waals surface area contributed by atoms with Crippen LogP contribution >= 0.6 is 0 Å². The molecule has 1 saturated heterocycles. The molecule has 0 aliphatic carbocycles. The standard InChI is InChI=1S/C13H24N4/c1-4-12-9-17(11(2)5-7-14-12)10-13-6-8-16(3)15-13/h6,8,11-12,14H,4-5,7,9-10H2,1-3H3. The van der Waals surface area contributed by atoms with Crippen molar-refractivity contribution < 1.29 is 0 Å². The summed E-state index contributed by atoms with van der Waals surface area (Å²) in [5.74, 6) is 0. The number of nitrogens with one attached hydrogen (secondary N) is 1. The lowest BCUT2D eigenvalue weighted by atomic mass is 10.2. The molecule has 96 valence electrons. The highest BCUT2D eigenvalue weighted by Gasteiger charge is 2.22. The van der Waals surface area contributed by atoms with E-state index in [4.69, 9.17) is 0 Å². The Morgan fingerprint density at radius 3 is 3.00 bits per heavy atom. The van der Waals surface area contributed by atoms with E-state index in [0.29, 0.717) is 12.1 Å². The highest BCUT2D eigenvalue weighted by atomic mass is 15.3. The summed E-state index contributed by atoms with van der Waals surface area (Å²) in [4.78, 5) is 2.55. The predicted molar refractivity (Wildman–Crippen MR) is 69.8 cm³/mol. The minimum Gasteiger partial charge on any atom is -0.313 e. The molecule has 0 radical (unpaired) electrons. The summed E-state index contributed by atoms with van der Waals surface area (Å²) < 4.78 is 1.88. The van der Waals surface area contributed by atoms with Crippen LogP contribution in [-0.4, -0.2) is 39.9 Å². The topological polar surface area (TPSA) is 33.1 Å². The zero-order chi connectivity index (χ0) is 12.3. The maximum Gasteiger partial charge on any atom is 0.0764 e. The second-order valence-corrected chi connectivity index (χ2v) is 5.11. The van der Waals surface area contributed by atoms with Gasteiger partial charge < -0.3 is 5.32 Å². The van der Waals surface area contributed by atoms with Gasteiger partial charge in [0.05, 0.1) is 5.69 Å². The molecule has 1 aliphatic rings. The van der Waals surface area contributed by atoms with Crippen LogP contribution in [0.5, 0.6) is 0 Å². The van der Waals surface area contributed by atoms with Gasteiger partial charge in [0, 0.05) is 38.4 Å². The molecule has 2 unspecified atom stereocenters. The largest absolute Gasteiger partial charge is 0.313 e. The van der Waals surface area contributed by atoms with Crippen LogP contribution in [0.4, 0.5) is 0 Å². The Morgan fingerprint density at radius 1 is 1.53 bits per heavy atom. The van der Waals surface area contributed by atoms with Crippen LogP contribution in [0.3, 0.4) is 0 Å². The lowest BCUT2D eigenvalue weighted by Crippen LogP contribution is -2.39. The molecular weight excluding hydrogens is 212 g/mol. The van der Waals surface area contributed by atoms with Crippen molar-refractivity contribution in [3.63, 3.8) is 0 Å². The van der Waals surface area contributed by atoms with E-state index in [9.17, 15) is 0 Å². The van der Waals surface area contributed by atoms with Gasteiger partial charge in [0.25, 0.3) is 0 Å². The normalized spacial score (nSPS) is 27.0. The molecule has 1 aromatic rings. The quantitative estimate of drug-likeness (QED) is 0.861. The smallest absolute Gasteiger partial charge is 0.0764 e. The summed E-state index contributed by atoms with van der Waals surface area (Å²) in [5.41, 5.74) is 1.18. The first kappa shape index (κ1) is 12.6. The Morgan fingerprint density at radius 2 is 2.35 bits per heavy atom. The Bertz CT molecular complexity index is 347. The molecule has 4 heteroatoms. The van der Waals surface area contributed by atoms with E-state index in [1.54, 1.807) is 0 Å². The summed E-state index contributed by atoms with van der Waals surface area (Å²) in [5, 5.41) is 8.09. The zero-order valence-electron chi connectivity index (χ0n) is 11.2. The molecule has 1 N–H and O–H groups in total. The van der Waals surface area contributed by atoms with Crippen molar-refractivity contribution in [3.8, 4) is 0 Å². The van der Waals surface area contributed by atoms with Gasteiger partial charge in [-0.15, -0.1) is 0 Å². The summed E-state index contributed by atoms with van der Waals surface area (Å²) >= 11 is 0. The van der Waals surface area contributed by atoms with Crippen molar-refractivity contribution in [2.24, 2.45) is 7.05 Å². The first-order valence-corrected chi connectivity index (χ1v) is 6.65. The van der Waals surface area contributed by atoms with Gasteiger partial charge in [0.1, 0.15) is 0 Å². The average molecular weight is 236 g/mol. The van der Waals surface area contributed by atoms with Crippen molar-refractivity contribution in [2.45, 2.75) is 45.3 Å². The first-order chi connectivity index (χ1) is 8.19. The van der Waals surface area contributed by atoms with E-state index in [1.165, 1.54) is 18.5 Å². The van der Waals surface area contributed by atoms with Crippen molar-refractivity contribution in [3.05, 3.63) is 18.0 Å². The molecule has 0 bridgehead atoms. The number of hydrogen-bond acceptors (Lipinski definition) is 3. The van der Waals surface area contributed by atoms with Gasteiger partial charge >= 0.3 is 0 Å². The highest BCUT2D eigenvalue weighted by Crippen LogP contribution is 2.13. The third kappa shape index (κ3) is 3.30. The van der Waals surface area contributed by atoms with Crippen LogP contribution in [0, 0.1) is 0 Å². The summed E-state index contributed by atoms with van der Waals surface area (Å²) in [7, 11) is 1.98. The molecule has 0 amide bonds. The van der Waals surface area contributed by atoms with Crippen molar-refractivity contribution in [2.75, 3.05) is 13.1 Å². The van der Waals surface area contributed by atoms with Gasteiger partial charge in [-0.2, -0.15) is 5.10 Å². The average Bonchev–Trinajstić information content (AvgIpc) is 2.62. The second-order valence-electron chi connectivity index (χ2n) is 5.11. The fraction of sp³-hybridized carbons (Fsp3) is 0.769. The van der Waals surface area contributed by atoms with Crippen molar-refractivity contribution >= 4 is 0 Å². The molecule has 0 saturated carbocycles. The fourth-order valence-corrected chi connectivity index (χ4v) is 2.46. The molecule has 1 aliphatic heterocycles. The lowest BCUT2D eigenvalue weighted by molar-refractivity contribution is 0.192. The molecule has 1 aromatic heterocycles. The highest BCUT2D eigenvalue weighted by molar-refractivity contribution is 4.99. The van der Waals surface area contributed by atoms with E-state index >= 15 is 0 Å². The molecule has 4 nitrogen and oxygen atoms in total. The molecule has 1 fully saturated rings. The third-order valence-electron chi connectivity index (χ3n) is 3.70. The van der Waals surface area contributed by atoms with Gasteiger partial charge in [-0.05, 0) is 32.4 Å². The number of aryl methyl sites for hydroxylation is 1. The predicted octanol–water partition coefficient (Wildman–Crippen LogP) is 1.38. The SMILES string of the molecule is CCC1CN(Cc2ccn(C)n2)C(C)CCN1. The maximum atomic E-state index is 4.48. The van der Waals surface area contributed by atoms with E-state index < -0.39 is 0 Å². The monoisotopic (exact) mass is 236 g/mol. The maximum absolute atomic E-state index is 4.48. The van der Waals surface area contributed by atoms with Crippen LogP contribution in [0.2, 0.25) is 0 Å². The van der Waals surface area contributed by atoms with Crippen LogP contribution < -0.4 is 5.32 Å². The van der Waals surface area contributed by atoms with Gasteiger partial charge in [-0.25, -0.2) is 0 Å².